The zero-order chi connectivity index (χ0) is 8.10. The van der Waals surface area contributed by atoms with E-state index in [1.54, 1.807) is 0 Å². The summed E-state index contributed by atoms with van der Waals surface area (Å²) in [6.45, 7) is 2.15. The molecule has 0 aliphatic rings. The third kappa shape index (κ3) is 4.06. The quantitative estimate of drug-likeness (QED) is 0.756. The van der Waals surface area contributed by atoms with Crippen molar-refractivity contribution in [3.8, 4) is 5.88 Å². The maximum absolute atomic E-state index is 9.07. The number of aliphatic hydroxyl groups is 1. The third-order valence-electron chi connectivity index (χ3n) is 1.19. The summed E-state index contributed by atoms with van der Waals surface area (Å²) in [5, 5.41) is 9.07. The van der Waals surface area contributed by atoms with E-state index in [2.05, 4.69) is 14.9 Å². The van der Waals surface area contributed by atoms with Crippen molar-refractivity contribution in [1.29, 1.82) is 0 Å². The van der Waals surface area contributed by atoms with Crippen molar-refractivity contribution in [2.45, 2.75) is 19.4 Å². The maximum Gasteiger partial charge on any atom is 0.112 e. The van der Waals surface area contributed by atoms with E-state index in [4.69, 9.17) is 9.84 Å². The second-order valence-electron chi connectivity index (χ2n) is 2.05. The molecular formula is C6H9N2O2SV-. The molecule has 0 spiro atoms. The van der Waals surface area contributed by atoms with Crippen molar-refractivity contribution in [3.05, 3.63) is 6.20 Å². The van der Waals surface area contributed by atoms with Gasteiger partial charge in [0.25, 0.3) is 0 Å². The number of ether oxygens (including phenoxy) is 1. The minimum atomic E-state index is -0.426. The molecule has 1 heterocycles. The van der Waals surface area contributed by atoms with E-state index in [-0.39, 0.29) is 25.2 Å². The van der Waals surface area contributed by atoms with Gasteiger partial charge in [-0.3, -0.25) is 6.20 Å². The van der Waals surface area contributed by atoms with Crippen LogP contribution in [-0.2, 0) is 18.6 Å². The largest absolute Gasteiger partial charge is 0.507 e. The molecule has 0 saturated carbocycles. The fourth-order valence-electron chi connectivity index (χ4n) is 0.489. The first kappa shape index (κ1) is 11.9. The Balaban J connectivity index is 0.00000121. The van der Waals surface area contributed by atoms with Crippen molar-refractivity contribution >= 4 is 11.7 Å². The van der Waals surface area contributed by atoms with Gasteiger partial charge in [-0.1, -0.05) is 6.92 Å². The van der Waals surface area contributed by atoms with Crippen LogP contribution in [0.3, 0.4) is 0 Å². The fraction of sp³-hybridized carbons (Fsp3) is 0.667. The standard InChI is InChI=1S/C6H9N2O2S.V/c1-2-5(9)4-10-6-3-7-11-8-6;/h5,9H,2,4H2,1H3;/q-1;. The summed E-state index contributed by atoms with van der Waals surface area (Å²) >= 11 is 1.04. The van der Waals surface area contributed by atoms with Crippen molar-refractivity contribution in [3.63, 3.8) is 0 Å². The van der Waals surface area contributed by atoms with Gasteiger partial charge in [0.15, 0.2) is 0 Å². The molecule has 0 fully saturated rings. The summed E-state index contributed by atoms with van der Waals surface area (Å²) < 4.78 is 12.4. The summed E-state index contributed by atoms with van der Waals surface area (Å²) in [4.78, 5) is 0. The molecule has 1 N–H and O–H groups in total. The molecule has 1 aromatic heterocycles. The molecule has 6 heteroatoms. The molecule has 0 aliphatic carbocycles. The molecule has 0 bridgehead atoms. The zero-order valence-electron chi connectivity index (χ0n) is 6.60. The Morgan fingerprint density at radius 3 is 3.00 bits per heavy atom. The van der Waals surface area contributed by atoms with Crippen LogP contribution in [0.1, 0.15) is 13.3 Å². The van der Waals surface area contributed by atoms with E-state index in [0.717, 1.165) is 11.7 Å². The predicted octanol–water partition coefficient (Wildman–Crippen LogP) is 0.485. The van der Waals surface area contributed by atoms with Gasteiger partial charge in [0.1, 0.15) is 6.61 Å². The number of nitrogens with zero attached hydrogens (tertiary/aromatic N) is 2. The summed E-state index contributed by atoms with van der Waals surface area (Å²) in [6, 6.07) is 0. The van der Waals surface area contributed by atoms with Crippen LogP contribution < -0.4 is 4.74 Å². The van der Waals surface area contributed by atoms with Crippen LogP contribution in [0.25, 0.3) is 0 Å². The van der Waals surface area contributed by atoms with E-state index in [0.29, 0.717) is 12.3 Å². The summed E-state index contributed by atoms with van der Waals surface area (Å²) in [5.41, 5.74) is 0. The Morgan fingerprint density at radius 1 is 1.75 bits per heavy atom. The Kier molecular flexibility index (Phi) is 6.37. The summed E-state index contributed by atoms with van der Waals surface area (Å²) in [7, 11) is 0. The Hall–Kier alpha value is -0.0956. The van der Waals surface area contributed by atoms with Gasteiger partial charge in [0.2, 0.25) is 0 Å². The molecule has 0 aromatic carbocycles. The first-order valence-electron chi connectivity index (χ1n) is 3.34. The van der Waals surface area contributed by atoms with Crippen molar-refractivity contribution in [2.75, 3.05) is 6.61 Å². The second kappa shape index (κ2) is 6.42. The molecule has 1 unspecified atom stereocenters. The first-order valence-corrected chi connectivity index (χ1v) is 4.07. The normalized spacial score (nSPS) is 11.8. The monoisotopic (exact) mass is 224 g/mol. The van der Waals surface area contributed by atoms with Gasteiger partial charge in [-0.15, -0.1) is 0 Å². The average Bonchev–Trinajstić information content (AvgIpc) is 2.52. The molecule has 0 aliphatic heterocycles. The Morgan fingerprint density at radius 2 is 2.50 bits per heavy atom. The molecule has 67 valence electrons. The summed E-state index contributed by atoms with van der Waals surface area (Å²) in [6.07, 6.45) is 2.79. The van der Waals surface area contributed by atoms with E-state index in [9.17, 15) is 0 Å². The van der Waals surface area contributed by atoms with Crippen molar-refractivity contribution in [1.82, 2.24) is 8.75 Å². The molecular weight excluding hydrogens is 215 g/mol. The van der Waals surface area contributed by atoms with Crippen molar-refractivity contribution < 1.29 is 28.4 Å². The average molecular weight is 224 g/mol. The number of aromatic nitrogens is 2. The first-order chi connectivity index (χ1) is 5.33. The zero-order valence-corrected chi connectivity index (χ0v) is 8.81. The van der Waals surface area contributed by atoms with E-state index in [1.165, 1.54) is 0 Å². The van der Waals surface area contributed by atoms with Gasteiger partial charge < -0.3 is 14.2 Å². The number of hydrogen-bond donors (Lipinski definition) is 1. The SMILES string of the molecule is CCC(O)COc1[c-]nsn1.[V]. The minimum absolute atomic E-state index is 0. The molecule has 0 amide bonds. The topological polar surface area (TPSA) is 55.2 Å². The summed E-state index contributed by atoms with van der Waals surface area (Å²) in [5.74, 6) is 0.363. The van der Waals surface area contributed by atoms with Gasteiger partial charge in [0.05, 0.1) is 12.0 Å². The van der Waals surface area contributed by atoms with Gasteiger partial charge in [-0.25, -0.2) is 0 Å². The number of hydrogen-bond acceptors (Lipinski definition) is 5. The van der Waals surface area contributed by atoms with Crippen molar-refractivity contribution in [2.24, 2.45) is 0 Å². The van der Waals surface area contributed by atoms with Crippen LogP contribution in [0, 0.1) is 6.20 Å². The molecule has 1 rings (SSSR count). The fourth-order valence-corrected chi connectivity index (χ4v) is 0.816. The predicted molar refractivity (Wildman–Crippen MR) is 40.5 cm³/mol. The van der Waals surface area contributed by atoms with E-state index < -0.39 is 6.10 Å². The van der Waals surface area contributed by atoms with Crippen LogP contribution in [0.5, 0.6) is 5.88 Å². The van der Waals surface area contributed by atoms with E-state index in [1.807, 2.05) is 6.92 Å². The molecule has 0 saturated heterocycles. The molecule has 4 nitrogen and oxygen atoms in total. The van der Waals surface area contributed by atoms with Crippen LogP contribution in [0.4, 0.5) is 0 Å². The minimum Gasteiger partial charge on any atom is -0.507 e. The van der Waals surface area contributed by atoms with Crippen LogP contribution in [0.15, 0.2) is 0 Å². The third-order valence-corrected chi connectivity index (χ3v) is 1.61. The van der Waals surface area contributed by atoms with Gasteiger partial charge in [0, 0.05) is 30.3 Å². The molecule has 1 radical (unpaired) electrons. The smallest absolute Gasteiger partial charge is 0.112 e. The maximum atomic E-state index is 9.07. The van der Waals surface area contributed by atoms with E-state index >= 15 is 0 Å². The number of aliphatic hydroxyl groups excluding tert-OH is 1. The van der Waals surface area contributed by atoms with Crippen LogP contribution in [0.2, 0.25) is 0 Å². The molecule has 1 atom stereocenters. The van der Waals surface area contributed by atoms with Gasteiger partial charge in [-0.2, -0.15) is 4.37 Å². The van der Waals surface area contributed by atoms with Crippen LogP contribution in [-0.4, -0.2) is 26.6 Å². The Bertz CT molecular complexity index is 195. The molecule has 1 aromatic rings. The van der Waals surface area contributed by atoms with Gasteiger partial charge >= 0.3 is 0 Å². The molecule has 12 heavy (non-hydrogen) atoms. The van der Waals surface area contributed by atoms with Crippen LogP contribution >= 0.6 is 11.7 Å². The Labute approximate surface area is 87.2 Å². The second-order valence-corrected chi connectivity index (χ2v) is 2.58. The van der Waals surface area contributed by atoms with Gasteiger partial charge in [-0.05, 0) is 6.42 Å². The number of rotatable bonds is 4.